The van der Waals surface area contributed by atoms with Gasteiger partial charge in [0.05, 0.1) is 0 Å². The van der Waals surface area contributed by atoms with E-state index >= 15 is 0 Å². The van der Waals surface area contributed by atoms with Gasteiger partial charge in [-0.2, -0.15) is 0 Å². The van der Waals surface area contributed by atoms with Crippen molar-refractivity contribution in [2.75, 3.05) is 12.3 Å². The van der Waals surface area contributed by atoms with Crippen molar-refractivity contribution < 1.29 is 4.79 Å². The van der Waals surface area contributed by atoms with E-state index in [2.05, 4.69) is 36.5 Å². The third-order valence-electron chi connectivity index (χ3n) is 2.02. The summed E-state index contributed by atoms with van der Waals surface area (Å²) in [4.78, 5) is 12.0. The third-order valence-corrected chi connectivity index (χ3v) is 2.92. The number of carbonyl (C=O) groups is 1. The highest BCUT2D eigenvalue weighted by Gasteiger charge is 1.95. The van der Waals surface area contributed by atoms with Crippen LogP contribution in [0.5, 0.6) is 0 Å². The number of amides is 1. The Bertz CT molecular complexity index is 308. The van der Waals surface area contributed by atoms with Gasteiger partial charge >= 0.3 is 0 Å². The lowest BCUT2D eigenvalue weighted by atomic mass is 10.1. The molecule has 0 spiro atoms. The molecule has 0 unspecified atom stereocenters. The summed E-state index contributed by atoms with van der Waals surface area (Å²) in [7, 11) is 0. The molecule has 0 bridgehead atoms. The Labute approximate surface area is 95.5 Å². The number of hydrogen-bond acceptors (Lipinski definition) is 2. The number of rotatable bonds is 5. The molecule has 1 N–H and O–H groups in total. The quantitative estimate of drug-likeness (QED) is 0.777. The van der Waals surface area contributed by atoms with Gasteiger partial charge in [0.1, 0.15) is 0 Å². The number of nitrogens with one attached hydrogen (secondary N) is 1. The van der Waals surface area contributed by atoms with Crippen molar-refractivity contribution in [1.82, 2.24) is 5.32 Å². The Kier molecular flexibility index (Phi) is 5.26. The fourth-order valence-corrected chi connectivity index (χ4v) is 1.96. The van der Waals surface area contributed by atoms with Gasteiger partial charge in [-0.15, -0.1) is 11.8 Å². The fraction of sp³-hybridized carbons (Fsp3) is 0.417. The first-order chi connectivity index (χ1) is 7.22. The summed E-state index contributed by atoms with van der Waals surface area (Å²) in [5, 5.41) is 2.79. The minimum atomic E-state index is 0.0353. The fourth-order valence-electron chi connectivity index (χ4n) is 1.30. The molecule has 3 heteroatoms. The van der Waals surface area contributed by atoms with Crippen LogP contribution in [0.4, 0.5) is 0 Å². The van der Waals surface area contributed by atoms with Gasteiger partial charge in [0.15, 0.2) is 0 Å². The van der Waals surface area contributed by atoms with E-state index in [0.717, 1.165) is 18.7 Å². The van der Waals surface area contributed by atoms with Crippen LogP contribution in [0.25, 0.3) is 0 Å². The molecule has 82 valence electrons. The molecule has 0 aliphatic carbocycles. The van der Waals surface area contributed by atoms with Gasteiger partial charge in [0.25, 0.3) is 0 Å². The minimum Gasteiger partial charge on any atom is -0.356 e. The van der Waals surface area contributed by atoms with Crippen molar-refractivity contribution in [2.24, 2.45) is 0 Å². The first-order valence-electron chi connectivity index (χ1n) is 5.18. The summed E-state index contributed by atoms with van der Waals surface area (Å²) in [6, 6.07) is 8.52. The van der Waals surface area contributed by atoms with Crippen LogP contribution < -0.4 is 5.32 Å². The third kappa shape index (κ3) is 4.88. The van der Waals surface area contributed by atoms with Crippen molar-refractivity contribution >= 4 is 17.7 Å². The summed E-state index contributed by atoms with van der Waals surface area (Å²) < 4.78 is 0. The van der Waals surface area contributed by atoms with E-state index in [1.54, 1.807) is 6.92 Å². The second kappa shape index (κ2) is 6.51. The zero-order valence-corrected chi connectivity index (χ0v) is 10.1. The maximum Gasteiger partial charge on any atom is 0.216 e. The molecule has 2 nitrogen and oxygen atoms in total. The van der Waals surface area contributed by atoms with Gasteiger partial charge in [0.2, 0.25) is 5.91 Å². The van der Waals surface area contributed by atoms with Gasteiger partial charge < -0.3 is 5.32 Å². The van der Waals surface area contributed by atoms with Crippen LogP contribution in [-0.4, -0.2) is 18.2 Å². The molecule has 0 radical (unpaired) electrons. The van der Waals surface area contributed by atoms with Crippen molar-refractivity contribution in [2.45, 2.75) is 25.2 Å². The Morgan fingerprint density at radius 1 is 1.33 bits per heavy atom. The molecular weight excluding hydrogens is 206 g/mol. The lowest BCUT2D eigenvalue weighted by Gasteiger charge is -2.03. The molecule has 1 rings (SSSR count). The molecule has 0 aliphatic rings. The van der Waals surface area contributed by atoms with E-state index in [9.17, 15) is 4.79 Å². The standard InChI is InChI=1S/C12H17NOS/c1-3-15-12-6-4-11(5-7-12)8-9-13-10(2)14/h4-7H,3,8-9H2,1-2H3,(H,13,14). The molecule has 1 aromatic carbocycles. The number of benzene rings is 1. The van der Waals surface area contributed by atoms with Crippen LogP contribution in [0, 0.1) is 0 Å². The maximum absolute atomic E-state index is 10.7. The molecule has 0 heterocycles. The van der Waals surface area contributed by atoms with Gasteiger partial charge in [0, 0.05) is 18.4 Å². The van der Waals surface area contributed by atoms with Gasteiger partial charge in [-0.3, -0.25) is 4.79 Å². The average Bonchev–Trinajstić information content (AvgIpc) is 2.20. The zero-order chi connectivity index (χ0) is 11.1. The Hall–Kier alpha value is -0.960. The van der Waals surface area contributed by atoms with Gasteiger partial charge in [-0.25, -0.2) is 0 Å². The predicted molar refractivity (Wildman–Crippen MR) is 65.2 cm³/mol. The number of carbonyl (C=O) groups excluding carboxylic acids is 1. The Morgan fingerprint density at radius 2 is 2.00 bits per heavy atom. The van der Waals surface area contributed by atoms with Crippen molar-refractivity contribution in [3.8, 4) is 0 Å². The second-order valence-corrected chi connectivity index (χ2v) is 4.65. The van der Waals surface area contributed by atoms with Crippen molar-refractivity contribution in [3.63, 3.8) is 0 Å². The van der Waals surface area contributed by atoms with Crippen molar-refractivity contribution in [3.05, 3.63) is 29.8 Å². The van der Waals surface area contributed by atoms with Crippen molar-refractivity contribution in [1.29, 1.82) is 0 Å². The maximum atomic E-state index is 10.7. The molecule has 1 aromatic rings. The molecular formula is C12H17NOS. The highest BCUT2D eigenvalue weighted by Crippen LogP contribution is 2.17. The summed E-state index contributed by atoms with van der Waals surface area (Å²) in [6.07, 6.45) is 0.899. The minimum absolute atomic E-state index is 0.0353. The molecule has 0 saturated heterocycles. The van der Waals surface area contributed by atoms with Gasteiger partial charge in [-0.1, -0.05) is 19.1 Å². The monoisotopic (exact) mass is 223 g/mol. The largest absolute Gasteiger partial charge is 0.356 e. The van der Waals surface area contributed by atoms with Crippen LogP contribution in [0.3, 0.4) is 0 Å². The molecule has 1 amide bonds. The van der Waals surface area contributed by atoms with E-state index in [0.29, 0.717) is 0 Å². The SMILES string of the molecule is CCSc1ccc(CCNC(C)=O)cc1. The smallest absolute Gasteiger partial charge is 0.216 e. The lowest BCUT2D eigenvalue weighted by molar-refractivity contribution is -0.118. The predicted octanol–water partition coefficient (Wildman–Crippen LogP) is 2.48. The van der Waals surface area contributed by atoms with E-state index in [1.165, 1.54) is 10.5 Å². The first kappa shape index (κ1) is 12.1. The van der Waals surface area contributed by atoms with Gasteiger partial charge in [-0.05, 0) is 29.9 Å². The summed E-state index contributed by atoms with van der Waals surface area (Å²) in [5.74, 6) is 1.14. The molecule has 0 aliphatic heterocycles. The molecule has 0 fully saturated rings. The molecule has 0 saturated carbocycles. The highest BCUT2D eigenvalue weighted by molar-refractivity contribution is 7.99. The Balaban J connectivity index is 2.39. The van der Waals surface area contributed by atoms with E-state index in [-0.39, 0.29) is 5.91 Å². The molecule has 0 atom stereocenters. The lowest BCUT2D eigenvalue weighted by Crippen LogP contribution is -2.22. The summed E-state index contributed by atoms with van der Waals surface area (Å²) in [5.41, 5.74) is 1.27. The number of thioether (sulfide) groups is 1. The van der Waals surface area contributed by atoms with Crippen LogP contribution in [0.15, 0.2) is 29.2 Å². The van der Waals surface area contributed by atoms with E-state index in [1.807, 2.05) is 11.8 Å². The summed E-state index contributed by atoms with van der Waals surface area (Å²) >= 11 is 1.84. The molecule has 15 heavy (non-hydrogen) atoms. The molecule has 0 aromatic heterocycles. The van der Waals surface area contributed by atoms with E-state index < -0.39 is 0 Å². The second-order valence-electron chi connectivity index (χ2n) is 3.31. The van der Waals surface area contributed by atoms with Crippen LogP contribution >= 0.6 is 11.8 Å². The van der Waals surface area contributed by atoms with E-state index in [4.69, 9.17) is 0 Å². The van der Waals surface area contributed by atoms with Crippen LogP contribution in [0.2, 0.25) is 0 Å². The van der Waals surface area contributed by atoms with Crippen LogP contribution in [0.1, 0.15) is 19.4 Å². The average molecular weight is 223 g/mol. The number of hydrogen-bond donors (Lipinski definition) is 1. The topological polar surface area (TPSA) is 29.1 Å². The van der Waals surface area contributed by atoms with Crippen LogP contribution in [-0.2, 0) is 11.2 Å². The first-order valence-corrected chi connectivity index (χ1v) is 6.17. The zero-order valence-electron chi connectivity index (χ0n) is 9.25. The summed E-state index contributed by atoms with van der Waals surface area (Å²) in [6.45, 7) is 4.41. The Morgan fingerprint density at radius 3 is 2.53 bits per heavy atom. The normalized spacial score (nSPS) is 10.0. The highest BCUT2D eigenvalue weighted by atomic mass is 32.2.